The van der Waals surface area contributed by atoms with E-state index in [-0.39, 0.29) is 22.7 Å². The number of ether oxygens (including phenoxy) is 2. The zero-order chi connectivity index (χ0) is 18.5. The van der Waals surface area contributed by atoms with E-state index in [0.717, 1.165) is 12.8 Å². The Morgan fingerprint density at radius 3 is 2.54 bits per heavy atom. The summed E-state index contributed by atoms with van der Waals surface area (Å²) in [6.07, 6.45) is 5.93. The summed E-state index contributed by atoms with van der Waals surface area (Å²) in [6.45, 7) is 0. The van der Waals surface area contributed by atoms with Gasteiger partial charge in [-0.2, -0.15) is 0 Å². The third kappa shape index (κ3) is 4.22. The minimum absolute atomic E-state index is 0.0363. The number of benzene rings is 1. The standard InChI is InChI=1S/C18H19ClFN3O3/c1-25-17-18(22-10-9-21-17)26-12-7-5-11(6-8-12)23-16(24)15-13(19)3-2-4-14(15)20/h2-4,9-12H,5-8H2,1H3,(H,23,24). The molecule has 0 saturated heterocycles. The predicted octanol–water partition coefficient (Wildman–Crippen LogP) is 3.40. The van der Waals surface area contributed by atoms with E-state index in [2.05, 4.69) is 15.3 Å². The van der Waals surface area contributed by atoms with Crippen LogP contribution in [0.15, 0.2) is 30.6 Å². The third-order valence-electron chi connectivity index (χ3n) is 4.30. The number of rotatable bonds is 5. The second-order valence-corrected chi connectivity index (χ2v) is 6.44. The Morgan fingerprint density at radius 2 is 1.88 bits per heavy atom. The van der Waals surface area contributed by atoms with E-state index in [4.69, 9.17) is 21.1 Å². The molecule has 0 bridgehead atoms. The van der Waals surface area contributed by atoms with Gasteiger partial charge in [-0.3, -0.25) is 4.79 Å². The zero-order valence-corrected chi connectivity index (χ0v) is 15.0. The highest BCUT2D eigenvalue weighted by Gasteiger charge is 2.26. The molecule has 2 aromatic rings. The van der Waals surface area contributed by atoms with Crippen LogP contribution in [-0.4, -0.2) is 35.1 Å². The van der Waals surface area contributed by atoms with Crippen LogP contribution in [0.1, 0.15) is 36.0 Å². The molecule has 0 radical (unpaired) electrons. The van der Waals surface area contributed by atoms with Crippen LogP contribution in [0.25, 0.3) is 0 Å². The van der Waals surface area contributed by atoms with Gasteiger partial charge in [-0.25, -0.2) is 14.4 Å². The average molecular weight is 380 g/mol. The molecule has 1 heterocycles. The molecular formula is C18H19ClFN3O3. The Hall–Kier alpha value is -2.41. The van der Waals surface area contributed by atoms with Crippen LogP contribution in [0.4, 0.5) is 4.39 Å². The molecule has 26 heavy (non-hydrogen) atoms. The molecule has 0 unspecified atom stereocenters. The smallest absolute Gasteiger partial charge is 0.278 e. The minimum Gasteiger partial charge on any atom is -0.477 e. The highest BCUT2D eigenvalue weighted by atomic mass is 35.5. The van der Waals surface area contributed by atoms with E-state index in [1.807, 2.05) is 0 Å². The van der Waals surface area contributed by atoms with Crippen molar-refractivity contribution in [2.75, 3.05) is 7.11 Å². The zero-order valence-electron chi connectivity index (χ0n) is 14.2. The van der Waals surface area contributed by atoms with Crippen LogP contribution in [0.2, 0.25) is 5.02 Å². The van der Waals surface area contributed by atoms with Gasteiger partial charge in [0.05, 0.1) is 17.7 Å². The van der Waals surface area contributed by atoms with Crippen molar-refractivity contribution in [3.8, 4) is 11.8 Å². The highest BCUT2D eigenvalue weighted by molar-refractivity contribution is 6.33. The first-order chi connectivity index (χ1) is 12.6. The molecular weight excluding hydrogens is 361 g/mol. The van der Waals surface area contributed by atoms with Gasteiger partial charge in [-0.15, -0.1) is 0 Å². The van der Waals surface area contributed by atoms with Gasteiger partial charge in [0.2, 0.25) is 0 Å². The Morgan fingerprint density at radius 1 is 1.19 bits per heavy atom. The van der Waals surface area contributed by atoms with Gasteiger partial charge in [0.25, 0.3) is 17.7 Å². The van der Waals surface area contributed by atoms with Gasteiger partial charge < -0.3 is 14.8 Å². The molecule has 0 atom stereocenters. The fourth-order valence-electron chi connectivity index (χ4n) is 2.99. The van der Waals surface area contributed by atoms with E-state index >= 15 is 0 Å². The van der Waals surface area contributed by atoms with Crippen LogP contribution in [0.5, 0.6) is 11.8 Å². The van der Waals surface area contributed by atoms with E-state index in [0.29, 0.717) is 24.6 Å². The van der Waals surface area contributed by atoms with E-state index in [1.165, 1.54) is 31.5 Å². The quantitative estimate of drug-likeness (QED) is 0.861. The first kappa shape index (κ1) is 18.4. The summed E-state index contributed by atoms with van der Waals surface area (Å²) in [4.78, 5) is 20.5. The number of carbonyl (C=O) groups excluding carboxylic acids is 1. The third-order valence-corrected chi connectivity index (χ3v) is 4.62. The van der Waals surface area contributed by atoms with E-state index in [1.54, 1.807) is 6.20 Å². The molecule has 138 valence electrons. The molecule has 1 amide bonds. The van der Waals surface area contributed by atoms with Crippen LogP contribution < -0.4 is 14.8 Å². The molecule has 1 saturated carbocycles. The van der Waals surface area contributed by atoms with Crippen molar-refractivity contribution in [3.63, 3.8) is 0 Å². The summed E-state index contributed by atoms with van der Waals surface area (Å²) < 4.78 is 24.8. The number of nitrogens with zero attached hydrogens (tertiary/aromatic N) is 2. The Bertz CT molecular complexity index is 762. The molecule has 6 nitrogen and oxygen atoms in total. The van der Waals surface area contributed by atoms with Gasteiger partial charge in [-0.05, 0) is 37.8 Å². The number of hydrogen-bond acceptors (Lipinski definition) is 5. The molecule has 1 aliphatic rings. The molecule has 1 aliphatic carbocycles. The van der Waals surface area contributed by atoms with Gasteiger partial charge in [-0.1, -0.05) is 17.7 Å². The molecule has 0 aliphatic heterocycles. The molecule has 1 aromatic heterocycles. The largest absolute Gasteiger partial charge is 0.477 e. The lowest BCUT2D eigenvalue weighted by molar-refractivity contribution is 0.0882. The predicted molar refractivity (Wildman–Crippen MR) is 94.1 cm³/mol. The summed E-state index contributed by atoms with van der Waals surface area (Å²) in [5.41, 5.74) is -0.114. The SMILES string of the molecule is COc1nccnc1OC1CCC(NC(=O)c2c(F)cccc2Cl)CC1. The van der Waals surface area contributed by atoms with Gasteiger partial charge in [0, 0.05) is 18.4 Å². The molecule has 1 N–H and O–H groups in total. The Labute approximate surface area is 155 Å². The number of aromatic nitrogens is 2. The summed E-state index contributed by atoms with van der Waals surface area (Å²) in [5.74, 6) is -0.410. The minimum atomic E-state index is -0.623. The second kappa shape index (κ2) is 8.31. The van der Waals surface area contributed by atoms with Crippen molar-refractivity contribution in [2.24, 2.45) is 0 Å². The summed E-state index contributed by atoms with van der Waals surface area (Å²) in [6, 6.07) is 4.14. The van der Waals surface area contributed by atoms with Crippen LogP contribution in [0, 0.1) is 5.82 Å². The van der Waals surface area contributed by atoms with E-state index in [9.17, 15) is 9.18 Å². The van der Waals surface area contributed by atoms with Gasteiger partial charge >= 0.3 is 0 Å². The summed E-state index contributed by atoms with van der Waals surface area (Å²) >= 11 is 5.94. The normalized spacial score (nSPS) is 19.7. The van der Waals surface area contributed by atoms with Crippen LogP contribution in [-0.2, 0) is 0 Å². The Balaban J connectivity index is 1.55. The molecule has 1 fully saturated rings. The number of carbonyl (C=O) groups is 1. The maximum atomic E-state index is 13.8. The van der Waals surface area contributed by atoms with Crippen LogP contribution >= 0.6 is 11.6 Å². The van der Waals surface area contributed by atoms with Crippen molar-refractivity contribution in [2.45, 2.75) is 37.8 Å². The monoisotopic (exact) mass is 379 g/mol. The number of hydrogen-bond donors (Lipinski definition) is 1. The molecule has 0 spiro atoms. The maximum Gasteiger partial charge on any atom is 0.278 e. The second-order valence-electron chi connectivity index (χ2n) is 6.03. The molecule has 3 rings (SSSR count). The van der Waals surface area contributed by atoms with Crippen molar-refractivity contribution in [3.05, 3.63) is 47.0 Å². The lowest BCUT2D eigenvalue weighted by Crippen LogP contribution is -2.40. The summed E-state index contributed by atoms with van der Waals surface area (Å²) in [5, 5.41) is 2.96. The maximum absolute atomic E-state index is 13.8. The fourth-order valence-corrected chi connectivity index (χ4v) is 3.24. The van der Waals surface area contributed by atoms with Crippen molar-refractivity contribution < 1.29 is 18.7 Å². The number of amides is 1. The average Bonchev–Trinajstić information content (AvgIpc) is 2.63. The topological polar surface area (TPSA) is 73.3 Å². The lowest BCUT2D eigenvalue weighted by Gasteiger charge is -2.29. The van der Waals surface area contributed by atoms with Gasteiger partial charge in [0.1, 0.15) is 11.9 Å². The first-order valence-corrected chi connectivity index (χ1v) is 8.72. The molecule has 8 heteroatoms. The van der Waals surface area contributed by atoms with Crippen LogP contribution in [0.3, 0.4) is 0 Å². The number of nitrogens with one attached hydrogen (secondary N) is 1. The fraction of sp³-hybridized carbons (Fsp3) is 0.389. The number of halogens is 2. The van der Waals surface area contributed by atoms with Crippen molar-refractivity contribution in [1.82, 2.24) is 15.3 Å². The van der Waals surface area contributed by atoms with Gasteiger partial charge in [0.15, 0.2) is 0 Å². The lowest BCUT2D eigenvalue weighted by atomic mass is 9.92. The Kier molecular flexibility index (Phi) is 5.88. The first-order valence-electron chi connectivity index (χ1n) is 8.35. The van der Waals surface area contributed by atoms with Crippen molar-refractivity contribution >= 4 is 17.5 Å². The molecule has 1 aromatic carbocycles. The number of methoxy groups -OCH3 is 1. The summed E-state index contributed by atoms with van der Waals surface area (Å²) in [7, 11) is 1.51. The van der Waals surface area contributed by atoms with E-state index < -0.39 is 11.7 Å². The van der Waals surface area contributed by atoms with Crippen molar-refractivity contribution in [1.29, 1.82) is 0 Å². The highest BCUT2D eigenvalue weighted by Crippen LogP contribution is 2.27.